The van der Waals surface area contributed by atoms with E-state index in [0.717, 1.165) is 24.0 Å². The topological polar surface area (TPSA) is 61.8 Å². The molecule has 1 aliphatic rings. The first-order valence-corrected chi connectivity index (χ1v) is 23.7. The lowest BCUT2D eigenvalue weighted by molar-refractivity contribution is -0.140. The van der Waals surface area contributed by atoms with E-state index in [1.165, 1.54) is 31.1 Å². The van der Waals surface area contributed by atoms with E-state index in [1.54, 1.807) is 0 Å². The molecule has 2 aromatic rings. The first-order valence-electron chi connectivity index (χ1n) is 17.9. The van der Waals surface area contributed by atoms with Gasteiger partial charge in [0.05, 0.1) is 19.3 Å². The number of esters is 1. The van der Waals surface area contributed by atoms with Crippen LogP contribution in [0.25, 0.3) is 0 Å². The molecule has 1 aliphatic carbocycles. The molecule has 7 heteroatoms. The van der Waals surface area contributed by atoms with Gasteiger partial charge in [-0.05, 0) is 77.8 Å². The average molecular weight is 681 g/mol. The summed E-state index contributed by atoms with van der Waals surface area (Å²) in [6, 6.07) is 17.4. The minimum atomic E-state index is -2.13. The second kappa shape index (κ2) is 16.1. The molecule has 262 valence electrons. The van der Waals surface area contributed by atoms with Crippen LogP contribution in [-0.2, 0) is 36.0 Å². The van der Waals surface area contributed by atoms with Gasteiger partial charge in [-0.1, -0.05) is 116 Å². The van der Waals surface area contributed by atoms with Crippen LogP contribution in [0.15, 0.2) is 48.5 Å². The molecule has 1 fully saturated rings. The average Bonchev–Trinajstić information content (AvgIpc) is 3.27. The summed E-state index contributed by atoms with van der Waals surface area (Å²) in [5.74, 6) is -0.126. The number of aryl methyl sites for hydroxylation is 1. The first-order chi connectivity index (χ1) is 21.8. The third-order valence-electron chi connectivity index (χ3n) is 11.2. The Hall–Kier alpha value is -2.07. The highest BCUT2D eigenvalue weighted by Crippen LogP contribution is 2.47. The number of unbranched alkanes of at least 4 members (excludes halogenated alkanes) is 2. The van der Waals surface area contributed by atoms with Gasteiger partial charge in [0.2, 0.25) is 0 Å². The van der Waals surface area contributed by atoms with Crippen molar-refractivity contribution in [1.29, 1.82) is 0 Å². The van der Waals surface area contributed by atoms with Gasteiger partial charge < -0.3 is 13.6 Å². The number of hydrogen-bond donors (Lipinski definition) is 0. The van der Waals surface area contributed by atoms with Gasteiger partial charge in [-0.15, -0.1) is 0 Å². The number of Topliss-reactive ketones (excluding diaryl/α,β-unsaturated/α-hetero) is 1. The second-order valence-corrected chi connectivity index (χ2v) is 26.4. The number of benzene rings is 2. The Balaban J connectivity index is 1.97. The van der Waals surface area contributed by atoms with E-state index in [1.807, 2.05) is 12.1 Å². The van der Waals surface area contributed by atoms with Gasteiger partial charge in [0.25, 0.3) is 0 Å². The zero-order chi connectivity index (χ0) is 35.2. The van der Waals surface area contributed by atoms with Crippen LogP contribution < -0.4 is 0 Å². The monoisotopic (exact) mass is 680 g/mol. The highest BCUT2D eigenvalue weighted by molar-refractivity contribution is 6.74. The summed E-state index contributed by atoms with van der Waals surface area (Å²) < 4.78 is 18.9. The summed E-state index contributed by atoms with van der Waals surface area (Å²) in [6.45, 7) is 25.2. The molecule has 1 unspecified atom stereocenters. The molecule has 0 amide bonds. The van der Waals surface area contributed by atoms with Crippen molar-refractivity contribution in [2.75, 3.05) is 7.11 Å². The summed E-state index contributed by atoms with van der Waals surface area (Å²) in [4.78, 5) is 25.7. The molecule has 4 atom stereocenters. The normalized spacial score (nSPS) is 20.0. The smallest absolute Gasteiger partial charge is 0.305 e. The minimum absolute atomic E-state index is 0.0238. The van der Waals surface area contributed by atoms with Crippen LogP contribution in [0, 0.1) is 5.92 Å². The third kappa shape index (κ3) is 10.5. The van der Waals surface area contributed by atoms with Gasteiger partial charge in [-0.3, -0.25) is 9.59 Å². The van der Waals surface area contributed by atoms with Crippen LogP contribution in [-0.4, -0.2) is 41.6 Å². The third-order valence-corrected chi connectivity index (χ3v) is 20.2. The van der Waals surface area contributed by atoms with Crippen LogP contribution in [0.4, 0.5) is 0 Å². The predicted octanol–water partition coefficient (Wildman–Crippen LogP) is 10.7. The molecule has 0 radical (unpaired) electrons. The highest BCUT2D eigenvalue weighted by Gasteiger charge is 2.48. The first kappa shape index (κ1) is 39.4. The van der Waals surface area contributed by atoms with E-state index >= 15 is 0 Å². The van der Waals surface area contributed by atoms with Gasteiger partial charge in [0, 0.05) is 24.7 Å². The van der Waals surface area contributed by atoms with Crippen molar-refractivity contribution in [2.45, 2.75) is 154 Å². The SMILES string of the molecule is CCCCCC(O[Si](C)(C)C(C)(C)C)c1ccc([C@H]2[C@@H](O[Si](C)(C)C(C)(C)C)CC(=O)[C@@H]2Cc2cccc(CCC(=O)OC)c2)cc1. The zero-order valence-electron chi connectivity index (χ0n) is 31.6. The zero-order valence-corrected chi connectivity index (χ0v) is 33.6. The molecule has 0 bridgehead atoms. The molecule has 0 aliphatic heterocycles. The Bertz CT molecular complexity index is 1320. The van der Waals surface area contributed by atoms with Gasteiger partial charge in [-0.25, -0.2) is 0 Å². The standard InChI is InChI=1S/C40H64O5Si2/c1-13-14-15-19-35(44-46(9,10)39(2,3)4)31-21-23-32(24-22-31)38-33(34(41)28-36(38)45-47(11,12)40(5,6)7)27-30-18-16-17-29(26-30)20-25-37(42)43-8/h16-18,21-24,26,33,35-36,38H,13-15,19-20,25,27-28H2,1-12H3/t33-,35?,36-,38+/m0/s1. The van der Waals surface area contributed by atoms with E-state index in [4.69, 9.17) is 13.6 Å². The molecule has 0 aromatic heterocycles. The fourth-order valence-electron chi connectivity index (χ4n) is 6.15. The molecule has 47 heavy (non-hydrogen) atoms. The number of ketones is 1. The van der Waals surface area contributed by atoms with Crippen LogP contribution in [0.3, 0.4) is 0 Å². The van der Waals surface area contributed by atoms with E-state index < -0.39 is 16.6 Å². The van der Waals surface area contributed by atoms with Gasteiger partial charge in [-0.2, -0.15) is 0 Å². The number of carbonyl (C=O) groups excluding carboxylic acids is 2. The molecule has 0 saturated heterocycles. The largest absolute Gasteiger partial charge is 0.469 e. The maximum atomic E-state index is 13.9. The maximum Gasteiger partial charge on any atom is 0.305 e. The lowest BCUT2D eigenvalue weighted by Gasteiger charge is -2.40. The Morgan fingerprint density at radius 2 is 1.51 bits per heavy atom. The summed E-state index contributed by atoms with van der Waals surface area (Å²) in [5, 5.41) is 0.182. The van der Waals surface area contributed by atoms with E-state index in [0.29, 0.717) is 25.7 Å². The number of carbonyl (C=O) groups is 2. The van der Waals surface area contributed by atoms with Gasteiger partial charge >= 0.3 is 5.97 Å². The maximum absolute atomic E-state index is 13.9. The van der Waals surface area contributed by atoms with E-state index in [9.17, 15) is 9.59 Å². The molecule has 0 spiro atoms. The molecule has 3 rings (SSSR count). The molecule has 1 saturated carbocycles. The Labute approximate surface area is 288 Å². The molecule has 0 N–H and O–H groups in total. The summed E-state index contributed by atoms with van der Waals surface area (Å²) in [6.07, 6.45) is 6.56. The van der Waals surface area contributed by atoms with Crippen molar-refractivity contribution in [3.05, 3.63) is 70.8 Å². The predicted molar refractivity (Wildman–Crippen MR) is 200 cm³/mol. The molecular weight excluding hydrogens is 617 g/mol. The summed E-state index contributed by atoms with van der Waals surface area (Å²) >= 11 is 0. The quantitative estimate of drug-likeness (QED) is 0.106. The van der Waals surface area contributed by atoms with Gasteiger partial charge in [0.15, 0.2) is 16.6 Å². The van der Waals surface area contributed by atoms with Crippen molar-refractivity contribution in [3.8, 4) is 0 Å². The summed E-state index contributed by atoms with van der Waals surface area (Å²) in [7, 11) is -2.68. The van der Waals surface area contributed by atoms with Crippen LogP contribution in [0.1, 0.15) is 121 Å². The Morgan fingerprint density at radius 3 is 2.09 bits per heavy atom. The van der Waals surface area contributed by atoms with E-state index in [-0.39, 0.29) is 45.9 Å². The number of rotatable bonds is 15. The van der Waals surface area contributed by atoms with Crippen molar-refractivity contribution < 1.29 is 23.2 Å². The highest BCUT2D eigenvalue weighted by atomic mass is 28.4. The van der Waals surface area contributed by atoms with E-state index in [2.05, 4.69) is 111 Å². The van der Waals surface area contributed by atoms with Crippen molar-refractivity contribution in [1.82, 2.24) is 0 Å². The molecule has 5 nitrogen and oxygen atoms in total. The summed E-state index contributed by atoms with van der Waals surface area (Å²) in [5.41, 5.74) is 4.62. The lowest BCUT2D eigenvalue weighted by Crippen LogP contribution is -2.44. The van der Waals surface area contributed by atoms with Crippen molar-refractivity contribution in [3.63, 3.8) is 0 Å². The minimum Gasteiger partial charge on any atom is -0.469 e. The van der Waals surface area contributed by atoms with Crippen LogP contribution in [0.2, 0.25) is 36.3 Å². The fourth-order valence-corrected chi connectivity index (χ4v) is 8.81. The molecule has 2 aromatic carbocycles. The van der Waals surface area contributed by atoms with Crippen LogP contribution >= 0.6 is 0 Å². The molecular formula is C40H64O5Si2. The Kier molecular flexibility index (Phi) is 13.5. The number of hydrogen-bond acceptors (Lipinski definition) is 5. The Morgan fingerprint density at radius 1 is 0.894 bits per heavy atom. The second-order valence-electron chi connectivity index (χ2n) is 16.8. The molecule has 0 heterocycles. The van der Waals surface area contributed by atoms with Crippen LogP contribution in [0.5, 0.6) is 0 Å². The number of ether oxygens (including phenoxy) is 1. The van der Waals surface area contributed by atoms with Crippen molar-refractivity contribution in [2.24, 2.45) is 5.92 Å². The van der Waals surface area contributed by atoms with Gasteiger partial charge in [0.1, 0.15) is 5.78 Å². The lowest BCUT2D eigenvalue weighted by atomic mass is 9.82. The number of methoxy groups -OCH3 is 1. The van der Waals surface area contributed by atoms with Crippen molar-refractivity contribution >= 4 is 28.4 Å². The fraction of sp³-hybridized carbons (Fsp3) is 0.650.